The third kappa shape index (κ3) is 6.78. The largest absolute Gasteiger partial charge is 0.451 e. The maximum atomic E-state index is 14.0. The Bertz CT molecular complexity index is 1470. The summed E-state index contributed by atoms with van der Waals surface area (Å²) < 4.78 is 66.6. The van der Waals surface area contributed by atoms with Gasteiger partial charge in [-0.05, 0) is 44.9 Å². The summed E-state index contributed by atoms with van der Waals surface area (Å²) in [6.45, 7) is 3.69. The lowest BCUT2D eigenvalue weighted by atomic mass is 9.89. The molecule has 0 atom stereocenters. The summed E-state index contributed by atoms with van der Waals surface area (Å²) in [5.74, 6) is -5.37. The first kappa shape index (κ1) is 29.4. The second-order valence-electron chi connectivity index (χ2n) is 9.32. The van der Waals surface area contributed by atoms with Gasteiger partial charge in [-0.3, -0.25) is 25.2 Å². The summed E-state index contributed by atoms with van der Waals surface area (Å²) in [6.07, 6.45) is -3.76. The standard InChI is InChI=1S/C26H24F5N7O3/c1-13-21(24(41)37-36-23(40)19-6-9-32-25(35-19)26(29,30)31)22(34-14(2)33-13)15-7-10-38(11-8-15)20(39)12-16-17(27)4-3-5-18(16)28/h3-6,9,15H,7-8,10-12H2,1-2H3,(H,36,40)(H,37,41). The number of halogens is 5. The van der Waals surface area contributed by atoms with Crippen LogP contribution in [0.4, 0.5) is 22.0 Å². The fraction of sp³-hybridized carbons (Fsp3) is 0.346. The van der Waals surface area contributed by atoms with Crippen molar-refractivity contribution in [3.05, 3.63) is 82.0 Å². The van der Waals surface area contributed by atoms with Crippen molar-refractivity contribution in [1.29, 1.82) is 0 Å². The van der Waals surface area contributed by atoms with Crippen molar-refractivity contribution >= 4 is 17.7 Å². The maximum absolute atomic E-state index is 14.0. The molecule has 216 valence electrons. The molecule has 10 nitrogen and oxygen atoms in total. The van der Waals surface area contributed by atoms with Crippen LogP contribution in [0.15, 0.2) is 30.5 Å². The molecule has 3 amide bonds. The fourth-order valence-electron chi connectivity index (χ4n) is 4.54. The molecule has 3 heterocycles. The van der Waals surface area contributed by atoms with Gasteiger partial charge in [-0.2, -0.15) is 13.2 Å². The van der Waals surface area contributed by atoms with E-state index in [0.717, 1.165) is 24.4 Å². The van der Waals surface area contributed by atoms with E-state index >= 15 is 0 Å². The molecule has 0 saturated carbocycles. The molecule has 41 heavy (non-hydrogen) atoms. The fourth-order valence-corrected chi connectivity index (χ4v) is 4.54. The van der Waals surface area contributed by atoms with Gasteiger partial charge in [0.05, 0.1) is 23.4 Å². The van der Waals surface area contributed by atoms with E-state index in [2.05, 4.69) is 25.4 Å². The lowest BCUT2D eigenvalue weighted by Crippen LogP contribution is -2.43. The van der Waals surface area contributed by atoms with Crippen LogP contribution in [0.25, 0.3) is 0 Å². The molecule has 0 spiro atoms. The number of amides is 3. The van der Waals surface area contributed by atoms with E-state index in [9.17, 15) is 36.3 Å². The number of aryl methyl sites for hydroxylation is 2. The monoisotopic (exact) mass is 577 g/mol. The van der Waals surface area contributed by atoms with Crippen LogP contribution in [-0.2, 0) is 17.4 Å². The van der Waals surface area contributed by atoms with E-state index in [1.165, 1.54) is 11.0 Å². The Labute approximate surface area is 230 Å². The third-order valence-electron chi connectivity index (χ3n) is 6.51. The van der Waals surface area contributed by atoms with Crippen LogP contribution >= 0.6 is 0 Å². The predicted octanol–water partition coefficient (Wildman–Crippen LogP) is 3.20. The summed E-state index contributed by atoms with van der Waals surface area (Å²) >= 11 is 0. The second kappa shape index (κ2) is 11.9. The third-order valence-corrected chi connectivity index (χ3v) is 6.51. The summed E-state index contributed by atoms with van der Waals surface area (Å²) in [5.41, 5.74) is 4.01. The zero-order chi connectivity index (χ0) is 29.9. The van der Waals surface area contributed by atoms with Crippen LogP contribution in [-0.4, -0.2) is 55.6 Å². The quantitative estimate of drug-likeness (QED) is 0.352. The number of rotatable bonds is 5. The first-order valence-corrected chi connectivity index (χ1v) is 12.4. The average Bonchev–Trinajstić information content (AvgIpc) is 2.92. The summed E-state index contributed by atoms with van der Waals surface area (Å²) in [7, 11) is 0. The highest BCUT2D eigenvalue weighted by atomic mass is 19.4. The van der Waals surface area contributed by atoms with E-state index in [1.807, 2.05) is 5.43 Å². The topological polar surface area (TPSA) is 130 Å². The normalized spacial score (nSPS) is 14.1. The van der Waals surface area contributed by atoms with Crippen molar-refractivity contribution in [2.75, 3.05) is 13.1 Å². The number of benzene rings is 1. The molecule has 2 aromatic heterocycles. The van der Waals surface area contributed by atoms with Crippen molar-refractivity contribution in [3.63, 3.8) is 0 Å². The maximum Gasteiger partial charge on any atom is 0.451 e. The van der Waals surface area contributed by atoms with Gasteiger partial charge < -0.3 is 4.90 Å². The molecule has 15 heteroatoms. The Hall–Kier alpha value is -4.56. The van der Waals surface area contributed by atoms with Gasteiger partial charge >= 0.3 is 6.18 Å². The molecule has 0 bridgehead atoms. The van der Waals surface area contributed by atoms with Crippen LogP contribution in [0.3, 0.4) is 0 Å². The zero-order valence-corrected chi connectivity index (χ0v) is 21.9. The van der Waals surface area contributed by atoms with Gasteiger partial charge in [0, 0.05) is 30.8 Å². The molecule has 1 fully saturated rings. The van der Waals surface area contributed by atoms with E-state index in [1.54, 1.807) is 13.8 Å². The number of hydrogen-bond donors (Lipinski definition) is 2. The number of carbonyl (C=O) groups is 3. The van der Waals surface area contributed by atoms with Crippen molar-refractivity contribution < 1.29 is 36.3 Å². The average molecular weight is 578 g/mol. The number of aromatic nitrogens is 4. The number of nitrogens with one attached hydrogen (secondary N) is 2. The number of piperidine rings is 1. The minimum absolute atomic E-state index is 0.0628. The summed E-state index contributed by atoms with van der Waals surface area (Å²) in [6, 6.07) is 4.34. The van der Waals surface area contributed by atoms with Crippen LogP contribution in [0.1, 0.15) is 68.2 Å². The van der Waals surface area contributed by atoms with Crippen molar-refractivity contribution in [1.82, 2.24) is 35.7 Å². The Morgan fingerprint density at radius 1 is 0.951 bits per heavy atom. The van der Waals surface area contributed by atoms with E-state index in [4.69, 9.17) is 0 Å². The van der Waals surface area contributed by atoms with Crippen LogP contribution in [0.2, 0.25) is 0 Å². The van der Waals surface area contributed by atoms with E-state index in [0.29, 0.717) is 30.1 Å². The van der Waals surface area contributed by atoms with Crippen molar-refractivity contribution in [2.24, 2.45) is 0 Å². The Kier molecular flexibility index (Phi) is 8.54. The predicted molar refractivity (Wildman–Crippen MR) is 132 cm³/mol. The van der Waals surface area contributed by atoms with Crippen molar-refractivity contribution in [2.45, 2.75) is 45.2 Å². The first-order valence-electron chi connectivity index (χ1n) is 12.4. The molecule has 3 aromatic rings. The molecule has 4 rings (SSSR count). The number of hydrogen-bond acceptors (Lipinski definition) is 7. The number of likely N-dealkylation sites (tertiary alicyclic amines) is 1. The number of hydrazine groups is 1. The minimum Gasteiger partial charge on any atom is -0.342 e. The first-order chi connectivity index (χ1) is 19.3. The van der Waals surface area contributed by atoms with E-state index < -0.39 is 53.5 Å². The second-order valence-corrected chi connectivity index (χ2v) is 9.32. The van der Waals surface area contributed by atoms with Gasteiger partial charge in [0.15, 0.2) is 0 Å². The zero-order valence-electron chi connectivity index (χ0n) is 21.9. The Morgan fingerprint density at radius 3 is 2.22 bits per heavy atom. The molecular weight excluding hydrogens is 553 g/mol. The molecule has 1 aromatic carbocycles. The van der Waals surface area contributed by atoms with Crippen molar-refractivity contribution in [3.8, 4) is 0 Å². The number of alkyl halides is 3. The SMILES string of the molecule is Cc1nc(C)c(C(=O)NNC(=O)c2ccnc(C(F)(F)F)n2)c(C2CCN(C(=O)Cc3c(F)cccc3F)CC2)n1. The molecule has 1 aliphatic heterocycles. The highest BCUT2D eigenvalue weighted by molar-refractivity contribution is 5.99. The lowest BCUT2D eigenvalue weighted by Gasteiger charge is -2.32. The van der Waals surface area contributed by atoms with Crippen LogP contribution in [0, 0.1) is 25.5 Å². The van der Waals surface area contributed by atoms with Crippen LogP contribution in [0.5, 0.6) is 0 Å². The number of carbonyl (C=O) groups excluding carboxylic acids is 3. The Balaban J connectivity index is 1.44. The van der Waals surface area contributed by atoms with Gasteiger partial charge in [0.25, 0.3) is 11.8 Å². The summed E-state index contributed by atoms with van der Waals surface area (Å²) in [4.78, 5) is 54.6. The molecule has 2 N–H and O–H groups in total. The van der Waals surface area contributed by atoms with Gasteiger partial charge in [0.1, 0.15) is 23.2 Å². The lowest BCUT2D eigenvalue weighted by molar-refractivity contribution is -0.145. The van der Waals surface area contributed by atoms with Gasteiger partial charge in [-0.15, -0.1) is 0 Å². The van der Waals surface area contributed by atoms with Gasteiger partial charge in [0.2, 0.25) is 11.7 Å². The minimum atomic E-state index is -4.86. The smallest absolute Gasteiger partial charge is 0.342 e. The number of nitrogens with zero attached hydrogens (tertiary/aromatic N) is 5. The van der Waals surface area contributed by atoms with Crippen LogP contribution < -0.4 is 10.9 Å². The molecule has 0 radical (unpaired) electrons. The van der Waals surface area contributed by atoms with E-state index in [-0.39, 0.29) is 30.1 Å². The Morgan fingerprint density at radius 2 is 1.59 bits per heavy atom. The highest BCUT2D eigenvalue weighted by Crippen LogP contribution is 2.31. The highest BCUT2D eigenvalue weighted by Gasteiger charge is 2.35. The molecule has 0 unspecified atom stereocenters. The summed E-state index contributed by atoms with van der Waals surface area (Å²) in [5, 5.41) is 0. The molecule has 0 aliphatic carbocycles. The van der Waals surface area contributed by atoms with Gasteiger partial charge in [-0.1, -0.05) is 6.07 Å². The van der Waals surface area contributed by atoms with Gasteiger partial charge in [-0.25, -0.2) is 28.7 Å². The molecular formula is C26H24F5N7O3. The molecule has 1 aliphatic rings. The molecule has 1 saturated heterocycles.